The highest BCUT2D eigenvalue weighted by Crippen LogP contribution is 2.17. The van der Waals surface area contributed by atoms with Gasteiger partial charge in [-0.25, -0.2) is 0 Å². The summed E-state index contributed by atoms with van der Waals surface area (Å²) in [6.45, 7) is 11.4. The van der Waals surface area contributed by atoms with Gasteiger partial charge in [-0.2, -0.15) is 0 Å². The highest BCUT2D eigenvalue weighted by molar-refractivity contribution is 5.71. The van der Waals surface area contributed by atoms with Gasteiger partial charge in [-0.1, -0.05) is 240 Å². The standard InChI is InChI=1S/C51H98O6/c1-6-7-8-9-10-11-21-26-31-36-41-49(52)55-44-48(45-56-50(53)42-37-32-27-22-18-17-20-25-30-35-40-47(4)5)57-51(54)43-38-33-28-23-16-14-12-13-15-19-24-29-34-39-46(2)3/h46-48H,6-45H2,1-5H3/t48-/m1/s1. The Morgan fingerprint density at radius 2 is 0.579 bits per heavy atom. The first-order valence-corrected chi connectivity index (χ1v) is 25.2. The summed E-state index contributed by atoms with van der Waals surface area (Å²) in [5.41, 5.74) is 0. The molecule has 0 aliphatic carbocycles. The fourth-order valence-corrected chi connectivity index (χ4v) is 7.64. The molecule has 0 bridgehead atoms. The third-order valence-corrected chi connectivity index (χ3v) is 11.5. The minimum absolute atomic E-state index is 0.0640. The molecule has 338 valence electrons. The van der Waals surface area contributed by atoms with E-state index in [0.717, 1.165) is 69.6 Å². The fourth-order valence-electron chi connectivity index (χ4n) is 7.64. The summed E-state index contributed by atoms with van der Waals surface area (Å²) in [6, 6.07) is 0. The lowest BCUT2D eigenvalue weighted by Gasteiger charge is -2.18. The van der Waals surface area contributed by atoms with Crippen LogP contribution in [-0.2, 0) is 28.6 Å². The zero-order chi connectivity index (χ0) is 41.9. The first kappa shape index (κ1) is 55.4. The van der Waals surface area contributed by atoms with E-state index >= 15 is 0 Å². The van der Waals surface area contributed by atoms with Gasteiger partial charge in [0.1, 0.15) is 13.2 Å². The van der Waals surface area contributed by atoms with Crippen molar-refractivity contribution < 1.29 is 28.6 Å². The molecule has 0 aromatic carbocycles. The van der Waals surface area contributed by atoms with Crippen LogP contribution < -0.4 is 0 Å². The van der Waals surface area contributed by atoms with Crippen molar-refractivity contribution in [1.29, 1.82) is 0 Å². The number of ether oxygens (including phenoxy) is 3. The van der Waals surface area contributed by atoms with E-state index in [-0.39, 0.29) is 31.1 Å². The molecular formula is C51H98O6. The summed E-state index contributed by atoms with van der Waals surface area (Å²) in [4.78, 5) is 37.8. The minimum atomic E-state index is -0.761. The first-order valence-electron chi connectivity index (χ1n) is 25.2. The van der Waals surface area contributed by atoms with E-state index in [1.165, 1.54) is 167 Å². The lowest BCUT2D eigenvalue weighted by Crippen LogP contribution is -2.30. The molecule has 0 N–H and O–H groups in total. The second-order valence-corrected chi connectivity index (χ2v) is 18.4. The minimum Gasteiger partial charge on any atom is -0.462 e. The average Bonchev–Trinajstić information content (AvgIpc) is 3.18. The van der Waals surface area contributed by atoms with E-state index < -0.39 is 6.10 Å². The fraction of sp³-hybridized carbons (Fsp3) is 0.941. The van der Waals surface area contributed by atoms with Crippen LogP contribution in [0, 0.1) is 11.8 Å². The summed E-state index contributed by atoms with van der Waals surface area (Å²) < 4.78 is 16.8. The zero-order valence-electron chi connectivity index (χ0n) is 39.0. The molecular weight excluding hydrogens is 709 g/mol. The molecule has 0 saturated heterocycles. The summed E-state index contributed by atoms with van der Waals surface area (Å²) in [7, 11) is 0. The summed E-state index contributed by atoms with van der Waals surface area (Å²) in [5.74, 6) is 0.806. The third-order valence-electron chi connectivity index (χ3n) is 11.5. The normalized spacial score (nSPS) is 12.1. The monoisotopic (exact) mass is 807 g/mol. The van der Waals surface area contributed by atoms with Gasteiger partial charge in [-0.3, -0.25) is 14.4 Å². The van der Waals surface area contributed by atoms with Gasteiger partial charge >= 0.3 is 17.9 Å². The van der Waals surface area contributed by atoms with E-state index in [1.54, 1.807) is 0 Å². The Hall–Kier alpha value is -1.59. The predicted molar refractivity (Wildman–Crippen MR) is 243 cm³/mol. The van der Waals surface area contributed by atoms with Crippen LogP contribution in [0.15, 0.2) is 0 Å². The topological polar surface area (TPSA) is 78.9 Å². The molecule has 0 amide bonds. The molecule has 0 fully saturated rings. The second kappa shape index (κ2) is 44.0. The second-order valence-electron chi connectivity index (χ2n) is 18.4. The van der Waals surface area contributed by atoms with Crippen molar-refractivity contribution >= 4 is 17.9 Å². The van der Waals surface area contributed by atoms with Gasteiger partial charge in [0.05, 0.1) is 0 Å². The summed E-state index contributed by atoms with van der Waals surface area (Å²) in [6.07, 6.45) is 43.7. The van der Waals surface area contributed by atoms with E-state index in [1.807, 2.05) is 0 Å². The number of hydrogen-bond acceptors (Lipinski definition) is 6. The van der Waals surface area contributed by atoms with Gasteiger partial charge in [0.15, 0.2) is 6.10 Å². The Bertz CT molecular complexity index is 870. The molecule has 0 aromatic heterocycles. The molecule has 6 heteroatoms. The Morgan fingerprint density at radius 3 is 0.860 bits per heavy atom. The van der Waals surface area contributed by atoms with Gasteiger partial charge in [-0.15, -0.1) is 0 Å². The third kappa shape index (κ3) is 45.3. The van der Waals surface area contributed by atoms with Crippen LogP contribution in [0.25, 0.3) is 0 Å². The smallest absolute Gasteiger partial charge is 0.306 e. The van der Waals surface area contributed by atoms with Crippen molar-refractivity contribution in [3.8, 4) is 0 Å². The molecule has 0 saturated carbocycles. The Labute approximate surface area is 355 Å². The highest BCUT2D eigenvalue weighted by atomic mass is 16.6. The summed E-state index contributed by atoms with van der Waals surface area (Å²) >= 11 is 0. The van der Waals surface area contributed by atoms with Crippen LogP contribution in [0.5, 0.6) is 0 Å². The number of hydrogen-bond donors (Lipinski definition) is 0. The lowest BCUT2D eigenvalue weighted by molar-refractivity contribution is -0.167. The number of carbonyl (C=O) groups excluding carboxylic acids is 3. The van der Waals surface area contributed by atoms with Gasteiger partial charge in [-0.05, 0) is 31.1 Å². The van der Waals surface area contributed by atoms with Crippen molar-refractivity contribution in [1.82, 2.24) is 0 Å². The van der Waals surface area contributed by atoms with E-state index in [9.17, 15) is 14.4 Å². The molecule has 0 unspecified atom stereocenters. The highest BCUT2D eigenvalue weighted by Gasteiger charge is 2.19. The molecule has 6 nitrogen and oxygen atoms in total. The van der Waals surface area contributed by atoms with Crippen LogP contribution in [0.1, 0.15) is 279 Å². The van der Waals surface area contributed by atoms with Crippen molar-refractivity contribution in [2.75, 3.05) is 13.2 Å². The van der Waals surface area contributed by atoms with Gasteiger partial charge in [0.2, 0.25) is 0 Å². The van der Waals surface area contributed by atoms with Gasteiger partial charge < -0.3 is 14.2 Å². The number of esters is 3. The van der Waals surface area contributed by atoms with E-state index in [0.29, 0.717) is 19.3 Å². The molecule has 57 heavy (non-hydrogen) atoms. The molecule has 0 aromatic rings. The van der Waals surface area contributed by atoms with E-state index in [4.69, 9.17) is 14.2 Å². The lowest BCUT2D eigenvalue weighted by atomic mass is 10.0. The molecule has 0 aliphatic heterocycles. The van der Waals surface area contributed by atoms with Crippen LogP contribution >= 0.6 is 0 Å². The Morgan fingerprint density at radius 1 is 0.333 bits per heavy atom. The largest absolute Gasteiger partial charge is 0.462 e. The van der Waals surface area contributed by atoms with E-state index in [2.05, 4.69) is 34.6 Å². The maximum absolute atomic E-state index is 12.8. The maximum Gasteiger partial charge on any atom is 0.306 e. The Balaban J connectivity index is 4.30. The number of unbranched alkanes of at least 4 members (excludes halogenated alkanes) is 30. The summed E-state index contributed by atoms with van der Waals surface area (Å²) in [5, 5.41) is 0. The van der Waals surface area contributed by atoms with Crippen LogP contribution in [-0.4, -0.2) is 37.2 Å². The molecule has 1 atom stereocenters. The predicted octanol–water partition coefficient (Wildman–Crippen LogP) is 16.1. The average molecular weight is 807 g/mol. The van der Waals surface area contributed by atoms with Crippen LogP contribution in [0.4, 0.5) is 0 Å². The van der Waals surface area contributed by atoms with Crippen molar-refractivity contribution in [2.45, 2.75) is 285 Å². The first-order chi connectivity index (χ1) is 27.7. The molecule has 0 rings (SSSR count). The molecule has 0 spiro atoms. The van der Waals surface area contributed by atoms with Gasteiger partial charge in [0, 0.05) is 19.3 Å². The Kier molecular flexibility index (Phi) is 42.7. The van der Waals surface area contributed by atoms with Crippen molar-refractivity contribution in [3.05, 3.63) is 0 Å². The van der Waals surface area contributed by atoms with Gasteiger partial charge in [0.25, 0.3) is 0 Å². The maximum atomic E-state index is 12.8. The van der Waals surface area contributed by atoms with Crippen molar-refractivity contribution in [3.63, 3.8) is 0 Å². The SMILES string of the molecule is CCCCCCCCCCCCC(=O)OC[C@H](COC(=O)CCCCCCCCCCCCC(C)C)OC(=O)CCCCCCCCCCCCCCCC(C)C. The van der Waals surface area contributed by atoms with Crippen LogP contribution in [0.3, 0.4) is 0 Å². The number of carbonyl (C=O) groups is 3. The molecule has 0 heterocycles. The van der Waals surface area contributed by atoms with Crippen LogP contribution in [0.2, 0.25) is 0 Å². The number of rotatable bonds is 45. The molecule has 0 aliphatic rings. The zero-order valence-corrected chi connectivity index (χ0v) is 39.0. The quantitative estimate of drug-likeness (QED) is 0.0346. The van der Waals surface area contributed by atoms with Crippen molar-refractivity contribution in [2.24, 2.45) is 11.8 Å². The molecule has 0 radical (unpaired) electrons.